The van der Waals surface area contributed by atoms with Gasteiger partial charge in [0.15, 0.2) is 0 Å². The van der Waals surface area contributed by atoms with E-state index >= 15 is 0 Å². The molecule has 0 radical (unpaired) electrons. The van der Waals surface area contributed by atoms with Crippen LogP contribution < -0.4 is 0 Å². The number of halogens is 1. The van der Waals surface area contributed by atoms with Crippen molar-refractivity contribution in [3.63, 3.8) is 0 Å². The first-order valence-electron chi connectivity index (χ1n) is 9.59. The Labute approximate surface area is 168 Å². The van der Waals surface area contributed by atoms with Crippen molar-refractivity contribution in [2.75, 3.05) is 13.7 Å². The molecule has 6 unspecified atom stereocenters. The molecule has 142 valence electrons. The molecule has 0 aliphatic heterocycles. The van der Waals surface area contributed by atoms with Crippen molar-refractivity contribution in [1.29, 1.82) is 0 Å². The predicted molar refractivity (Wildman–Crippen MR) is 111 cm³/mol. The first kappa shape index (κ1) is 20.0. The van der Waals surface area contributed by atoms with E-state index in [4.69, 9.17) is 8.92 Å². The van der Waals surface area contributed by atoms with E-state index in [1.165, 1.54) is 48.4 Å². The van der Waals surface area contributed by atoms with Crippen LogP contribution in [0.1, 0.15) is 58.8 Å². The van der Waals surface area contributed by atoms with Crippen LogP contribution in [0.25, 0.3) is 0 Å². The summed E-state index contributed by atoms with van der Waals surface area (Å²) in [5.74, 6) is 2.76. The second-order valence-electron chi connectivity index (χ2n) is 8.76. The second-order valence-corrected chi connectivity index (χ2v) is 10.2. The lowest BCUT2D eigenvalue weighted by molar-refractivity contribution is -0.144. The van der Waals surface area contributed by atoms with Gasteiger partial charge in [-0.2, -0.15) is 0 Å². The maximum absolute atomic E-state index is 11.8. The molecule has 0 aromatic heterocycles. The highest BCUT2D eigenvalue weighted by Crippen LogP contribution is 2.63. The zero-order valence-electron chi connectivity index (χ0n) is 15.6. The number of carbonyl (C=O) groups excluding carboxylic acids is 1. The summed E-state index contributed by atoms with van der Waals surface area (Å²) in [6.45, 7) is 5.70. The van der Waals surface area contributed by atoms with Crippen molar-refractivity contribution in [2.24, 2.45) is 34.5 Å². The van der Waals surface area contributed by atoms with Crippen molar-refractivity contribution in [3.05, 3.63) is 12.2 Å². The highest BCUT2D eigenvalue weighted by atomic mass is 127. The number of fused-ring (bicyclic) bond motifs is 3. The van der Waals surface area contributed by atoms with E-state index in [0.29, 0.717) is 23.7 Å². The van der Waals surface area contributed by atoms with Crippen LogP contribution in [0.5, 0.6) is 0 Å². The van der Waals surface area contributed by atoms with Crippen LogP contribution in [0.2, 0.25) is 0 Å². The number of allylic oxidation sites excluding steroid dienone is 2. The van der Waals surface area contributed by atoms with Gasteiger partial charge >= 0.3 is 5.97 Å². The Morgan fingerprint density at radius 3 is 2.80 bits per heavy atom. The van der Waals surface area contributed by atoms with E-state index in [2.05, 4.69) is 47.2 Å². The molecule has 3 nitrogen and oxygen atoms in total. The molecule has 3 aliphatic carbocycles. The van der Waals surface area contributed by atoms with Crippen molar-refractivity contribution in [1.82, 2.24) is 0 Å². The smallest absolute Gasteiger partial charge is 0.305 e. The lowest BCUT2D eigenvalue weighted by Gasteiger charge is -2.58. The van der Waals surface area contributed by atoms with Gasteiger partial charge in [0.05, 0.1) is 22.9 Å². The summed E-state index contributed by atoms with van der Waals surface area (Å²) in [4.78, 5) is 11.8. The van der Waals surface area contributed by atoms with Gasteiger partial charge in [-0.3, -0.25) is 4.79 Å². The molecule has 0 spiro atoms. The summed E-state index contributed by atoms with van der Waals surface area (Å²) >= 11 is 2.20. The lowest BCUT2D eigenvalue weighted by Crippen LogP contribution is -2.52. The largest absolute Gasteiger partial charge is 0.469 e. The van der Waals surface area contributed by atoms with Crippen LogP contribution in [0.3, 0.4) is 0 Å². The molecule has 0 amide bonds. The van der Waals surface area contributed by atoms with E-state index < -0.39 is 0 Å². The van der Waals surface area contributed by atoms with Gasteiger partial charge in [-0.15, -0.1) is 0 Å². The number of ether oxygens (including phenoxy) is 1. The first-order valence-corrected chi connectivity index (χ1v) is 12.9. The molecule has 2 saturated carbocycles. The molecule has 0 heterocycles. The summed E-state index contributed by atoms with van der Waals surface area (Å²) in [6, 6.07) is 0. The monoisotopic (exact) mass is 478 g/mol. The minimum Gasteiger partial charge on any atom is -0.469 e. The fourth-order valence-electron chi connectivity index (χ4n) is 6.26. The van der Waals surface area contributed by atoms with Gasteiger partial charge < -0.3 is 8.92 Å². The van der Waals surface area contributed by atoms with Crippen molar-refractivity contribution in [3.8, 4) is 0 Å². The molecule has 25 heavy (non-hydrogen) atoms. The Hall–Kier alpha value is 0.250. The van der Waals surface area contributed by atoms with Crippen LogP contribution in [-0.4, -0.2) is 19.7 Å². The molecule has 0 aromatic carbocycles. The molecule has 0 saturated heterocycles. The zero-order chi connectivity index (χ0) is 18.1. The normalized spacial score (nSPS) is 42.7. The summed E-state index contributed by atoms with van der Waals surface area (Å²) < 4.78 is 10.7. The quantitative estimate of drug-likeness (QED) is 0.204. The zero-order valence-corrected chi connectivity index (χ0v) is 18.6. The summed E-state index contributed by atoms with van der Waals surface area (Å²) in [5.41, 5.74) is 0.583. The molecular formula is C20H31IO3S. The van der Waals surface area contributed by atoms with E-state index in [1.807, 2.05) is 0 Å². The highest BCUT2D eigenvalue weighted by molar-refractivity contribution is 14.2. The maximum atomic E-state index is 11.8. The Bertz CT molecular complexity index is 525. The molecule has 0 aromatic rings. The molecule has 3 rings (SSSR count). The van der Waals surface area contributed by atoms with Crippen LogP contribution >= 0.6 is 30.4 Å². The fraction of sp³-hybridized carbons (Fsp3) is 0.850. The molecule has 6 atom stereocenters. The lowest BCUT2D eigenvalue weighted by atomic mass is 9.47. The van der Waals surface area contributed by atoms with Crippen LogP contribution in [0.4, 0.5) is 0 Å². The van der Waals surface area contributed by atoms with Gasteiger partial charge in [0.1, 0.15) is 0 Å². The second kappa shape index (κ2) is 8.09. The van der Waals surface area contributed by atoms with E-state index in [0.717, 1.165) is 24.9 Å². The number of carbonyl (C=O) groups is 1. The van der Waals surface area contributed by atoms with E-state index in [9.17, 15) is 4.79 Å². The summed E-state index contributed by atoms with van der Waals surface area (Å²) in [7, 11) is 2.94. The fourth-order valence-corrected chi connectivity index (χ4v) is 6.92. The average Bonchev–Trinajstić information content (AvgIpc) is 3.01. The van der Waals surface area contributed by atoms with Gasteiger partial charge in [-0.25, -0.2) is 0 Å². The highest BCUT2D eigenvalue weighted by Gasteiger charge is 2.55. The van der Waals surface area contributed by atoms with Crippen LogP contribution in [-0.2, 0) is 13.7 Å². The summed E-state index contributed by atoms with van der Waals surface area (Å²) in [5, 5.41) is 0. The van der Waals surface area contributed by atoms with Crippen molar-refractivity contribution < 1.29 is 13.7 Å². The van der Waals surface area contributed by atoms with Gasteiger partial charge in [-0.05, 0) is 73.0 Å². The summed E-state index contributed by atoms with van der Waals surface area (Å²) in [6.07, 6.45) is 12.7. The third-order valence-corrected chi connectivity index (χ3v) is 8.79. The van der Waals surface area contributed by atoms with Gasteiger partial charge in [-0.1, -0.05) is 26.0 Å². The maximum Gasteiger partial charge on any atom is 0.305 e. The predicted octanol–water partition coefficient (Wildman–Crippen LogP) is 5.98. The Kier molecular flexibility index (Phi) is 6.47. The first-order chi connectivity index (χ1) is 11.9. The molecular weight excluding hydrogens is 447 g/mol. The van der Waals surface area contributed by atoms with Gasteiger partial charge in [0, 0.05) is 27.6 Å². The number of methoxy groups -OCH3 is 1. The number of rotatable bonds is 6. The van der Waals surface area contributed by atoms with Crippen LogP contribution in [0, 0.1) is 34.5 Å². The topological polar surface area (TPSA) is 35.5 Å². The average molecular weight is 478 g/mol. The number of esters is 1. The van der Waals surface area contributed by atoms with E-state index in [-0.39, 0.29) is 11.4 Å². The third-order valence-electron chi connectivity index (χ3n) is 7.80. The molecule has 2 fully saturated rings. The Balaban J connectivity index is 1.81. The van der Waals surface area contributed by atoms with Gasteiger partial charge in [0.2, 0.25) is 0 Å². The number of hydrogen-bond donors (Lipinski definition) is 0. The molecule has 5 heteroatoms. The third kappa shape index (κ3) is 3.79. The van der Waals surface area contributed by atoms with Gasteiger partial charge in [0.25, 0.3) is 0 Å². The van der Waals surface area contributed by atoms with Crippen LogP contribution in [0.15, 0.2) is 12.2 Å². The SMILES string of the molecule is COC(=O)CCC1(C)C(COSI)CCC2C3CC=CC3(C)CCC21. The molecule has 3 aliphatic rings. The minimum absolute atomic E-state index is 0.0746. The Morgan fingerprint density at radius 1 is 1.28 bits per heavy atom. The minimum atomic E-state index is -0.0746. The standard InChI is InChI=1S/C20H31IO3S/c1-19-10-4-5-16(19)15-7-6-14(13-24-25-21)20(2,17(15)8-11-19)12-9-18(22)23-3/h4,10,14-17H,5-9,11-13H2,1-3H3. The molecule has 0 bridgehead atoms. The van der Waals surface area contributed by atoms with E-state index in [1.54, 1.807) is 0 Å². The van der Waals surface area contributed by atoms with Crippen molar-refractivity contribution in [2.45, 2.75) is 58.8 Å². The molecule has 0 N–H and O–H groups in total. The Morgan fingerprint density at radius 2 is 2.08 bits per heavy atom. The number of hydrogen-bond acceptors (Lipinski definition) is 4. The van der Waals surface area contributed by atoms with Crippen molar-refractivity contribution >= 4 is 36.4 Å².